The minimum absolute atomic E-state index is 0.263. The number of benzene rings is 1. The third-order valence-corrected chi connectivity index (χ3v) is 5.66. The molecule has 7 heteroatoms. The summed E-state index contributed by atoms with van der Waals surface area (Å²) in [5, 5.41) is 15.1. The molecule has 0 saturated carbocycles. The van der Waals surface area contributed by atoms with Crippen LogP contribution < -0.4 is 10.1 Å². The van der Waals surface area contributed by atoms with Gasteiger partial charge in [-0.15, -0.1) is 10.2 Å². The van der Waals surface area contributed by atoms with Crippen LogP contribution in [0.2, 0.25) is 5.02 Å². The number of hydrogen-bond donors (Lipinski definition) is 1. The molecule has 5 rings (SSSR count). The number of aromatic nitrogens is 3. The number of hydrogen-bond acceptors (Lipinski definition) is 6. The number of pyridine rings is 1. The highest BCUT2D eigenvalue weighted by Gasteiger charge is 2.41. The first kappa shape index (κ1) is 16.7. The number of ether oxygens (including phenoxy) is 2. The molecular formula is C20H19ClN4O2. The van der Waals surface area contributed by atoms with E-state index in [9.17, 15) is 0 Å². The molecule has 3 atom stereocenters. The molecule has 2 fully saturated rings. The van der Waals surface area contributed by atoms with Crippen LogP contribution in [0.3, 0.4) is 0 Å². The van der Waals surface area contributed by atoms with Crippen molar-refractivity contribution < 1.29 is 9.47 Å². The summed E-state index contributed by atoms with van der Waals surface area (Å²) in [5.41, 5.74) is 1.59. The van der Waals surface area contributed by atoms with Gasteiger partial charge in [-0.3, -0.25) is 4.98 Å². The Bertz CT molecular complexity index is 1010. The summed E-state index contributed by atoms with van der Waals surface area (Å²) in [6, 6.07) is 7.74. The molecule has 4 heterocycles. The summed E-state index contributed by atoms with van der Waals surface area (Å²) in [6.07, 6.45) is 7.51. The third-order valence-electron chi connectivity index (χ3n) is 5.43. The van der Waals surface area contributed by atoms with Gasteiger partial charge in [0.15, 0.2) is 5.82 Å². The van der Waals surface area contributed by atoms with Crippen molar-refractivity contribution in [1.29, 1.82) is 0 Å². The normalized spacial score (nSPS) is 23.7. The highest BCUT2D eigenvalue weighted by molar-refractivity contribution is 6.30. The molecule has 3 aromatic rings. The molecule has 1 N–H and O–H groups in total. The highest BCUT2D eigenvalue weighted by Crippen LogP contribution is 2.39. The zero-order valence-corrected chi connectivity index (χ0v) is 15.6. The maximum Gasteiger partial charge on any atom is 0.158 e. The Morgan fingerprint density at radius 2 is 2.11 bits per heavy atom. The molecule has 0 amide bonds. The fraction of sp³-hybridized carbons (Fsp3) is 0.350. The van der Waals surface area contributed by atoms with Crippen molar-refractivity contribution in [3.63, 3.8) is 0 Å². The maximum absolute atomic E-state index is 6.10. The Balaban J connectivity index is 1.58. The van der Waals surface area contributed by atoms with Crippen LogP contribution in [0.1, 0.15) is 19.3 Å². The van der Waals surface area contributed by atoms with Crippen LogP contribution in [0, 0.1) is 0 Å². The van der Waals surface area contributed by atoms with Gasteiger partial charge in [0.2, 0.25) is 0 Å². The minimum atomic E-state index is 0.263. The lowest BCUT2D eigenvalue weighted by Gasteiger charge is -2.21. The zero-order valence-electron chi connectivity index (χ0n) is 14.9. The van der Waals surface area contributed by atoms with E-state index in [0.717, 1.165) is 47.1 Å². The first-order chi connectivity index (χ1) is 13.2. The average molecular weight is 383 g/mol. The van der Waals surface area contributed by atoms with E-state index in [-0.39, 0.29) is 12.1 Å². The number of methoxy groups -OCH3 is 1. The smallest absolute Gasteiger partial charge is 0.158 e. The zero-order chi connectivity index (χ0) is 18.4. The van der Waals surface area contributed by atoms with Gasteiger partial charge in [-0.25, -0.2) is 0 Å². The van der Waals surface area contributed by atoms with Gasteiger partial charge in [0.25, 0.3) is 0 Å². The van der Waals surface area contributed by atoms with E-state index in [4.69, 9.17) is 21.1 Å². The maximum atomic E-state index is 6.10. The van der Waals surface area contributed by atoms with Crippen molar-refractivity contribution in [3.8, 4) is 17.0 Å². The lowest BCUT2D eigenvalue weighted by molar-refractivity contribution is 0.102. The van der Waals surface area contributed by atoms with E-state index in [0.29, 0.717) is 16.9 Å². The molecule has 2 aromatic heterocycles. The summed E-state index contributed by atoms with van der Waals surface area (Å²) < 4.78 is 11.4. The number of nitrogens with zero attached hydrogens (tertiary/aromatic N) is 3. The monoisotopic (exact) mass is 382 g/mol. The molecule has 138 valence electrons. The first-order valence-corrected chi connectivity index (χ1v) is 9.47. The molecule has 2 saturated heterocycles. The molecule has 0 aliphatic carbocycles. The molecule has 1 aromatic carbocycles. The van der Waals surface area contributed by atoms with E-state index < -0.39 is 0 Å². The van der Waals surface area contributed by atoms with Gasteiger partial charge in [-0.1, -0.05) is 11.6 Å². The molecule has 2 aliphatic heterocycles. The van der Waals surface area contributed by atoms with Crippen molar-refractivity contribution in [1.82, 2.24) is 15.2 Å². The van der Waals surface area contributed by atoms with Gasteiger partial charge >= 0.3 is 0 Å². The van der Waals surface area contributed by atoms with E-state index in [1.807, 2.05) is 24.4 Å². The number of anilines is 1. The lowest BCUT2D eigenvalue weighted by Crippen LogP contribution is -2.31. The Kier molecular flexibility index (Phi) is 4.10. The summed E-state index contributed by atoms with van der Waals surface area (Å²) in [7, 11) is 1.62. The summed E-state index contributed by atoms with van der Waals surface area (Å²) >= 11 is 6.10. The van der Waals surface area contributed by atoms with Crippen molar-refractivity contribution >= 4 is 28.2 Å². The second-order valence-corrected chi connectivity index (χ2v) is 7.46. The summed E-state index contributed by atoms with van der Waals surface area (Å²) in [6.45, 7) is 0. The van der Waals surface area contributed by atoms with Crippen LogP contribution in [0.5, 0.6) is 5.75 Å². The fourth-order valence-electron chi connectivity index (χ4n) is 4.13. The third kappa shape index (κ3) is 2.89. The van der Waals surface area contributed by atoms with Gasteiger partial charge in [-0.2, -0.15) is 0 Å². The van der Waals surface area contributed by atoms with Crippen LogP contribution in [-0.4, -0.2) is 40.5 Å². The molecule has 0 spiro atoms. The Morgan fingerprint density at radius 3 is 2.89 bits per heavy atom. The van der Waals surface area contributed by atoms with Gasteiger partial charge < -0.3 is 14.8 Å². The number of fused-ring (bicyclic) bond motifs is 3. The lowest BCUT2D eigenvalue weighted by atomic mass is 9.95. The van der Waals surface area contributed by atoms with Crippen LogP contribution in [0.15, 0.2) is 36.7 Å². The van der Waals surface area contributed by atoms with Gasteiger partial charge in [0.05, 0.1) is 25.4 Å². The largest absolute Gasteiger partial charge is 0.496 e. The summed E-state index contributed by atoms with van der Waals surface area (Å²) in [4.78, 5) is 4.30. The van der Waals surface area contributed by atoms with Crippen molar-refractivity contribution in [2.24, 2.45) is 0 Å². The van der Waals surface area contributed by atoms with Gasteiger partial charge in [0, 0.05) is 33.8 Å². The van der Waals surface area contributed by atoms with E-state index >= 15 is 0 Å². The van der Waals surface area contributed by atoms with E-state index in [1.165, 1.54) is 0 Å². The number of rotatable bonds is 4. The molecule has 6 nitrogen and oxygen atoms in total. The molecule has 27 heavy (non-hydrogen) atoms. The van der Waals surface area contributed by atoms with Crippen LogP contribution >= 0.6 is 11.6 Å². The molecule has 2 bridgehead atoms. The Labute approximate surface area is 161 Å². The first-order valence-electron chi connectivity index (χ1n) is 9.09. The minimum Gasteiger partial charge on any atom is -0.496 e. The molecule has 3 unspecified atom stereocenters. The SMILES string of the molecule is COc1cc(Cl)ccc1-c1nnc(NC2CC3CCC2O3)c2cnccc12. The van der Waals surface area contributed by atoms with E-state index in [2.05, 4.69) is 20.5 Å². The molecular weight excluding hydrogens is 364 g/mol. The Hall–Kier alpha value is -2.44. The Morgan fingerprint density at radius 1 is 1.19 bits per heavy atom. The van der Waals surface area contributed by atoms with Gasteiger partial charge in [0.1, 0.15) is 11.4 Å². The second kappa shape index (κ2) is 6.62. The van der Waals surface area contributed by atoms with E-state index in [1.54, 1.807) is 19.4 Å². The van der Waals surface area contributed by atoms with Crippen LogP contribution in [-0.2, 0) is 4.74 Å². The topological polar surface area (TPSA) is 69.2 Å². The van der Waals surface area contributed by atoms with Crippen LogP contribution in [0.4, 0.5) is 5.82 Å². The highest BCUT2D eigenvalue weighted by atomic mass is 35.5. The standard InChI is InChI=1S/C20H19ClN4O2/c1-26-18-8-11(21)2-4-14(18)19-13-6-7-22-10-15(13)20(25-24-19)23-16-9-12-3-5-17(16)27-12/h2,4,6-8,10,12,16-17H,3,5,9H2,1H3,(H,23,25). The molecule has 2 aliphatic rings. The number of halogens is 1. The second-order valence-electron chi connectivity index (χ2n) is 7.02. The number of nitrogens with one attached hydrogen (secondary N) is 1. The quantitative estimate of drug-likeness (QED) is 0.733. The van der Waals surface area contributed by atoms with Crippen molar-refractivity contribution in [2.45, 2.75) is 37.5 Å². The summed E-state index contributed by atoms with van der Waals surface area (Å²) in [5.74, 6) is 1.41. The predicted molar refractivity (Wildman–Crippen MR) is 104 cm³/mol. The fourth-order valence-corrected chi connectivity index (χ4v) is 4.29. The van der Waals surface area contributed by atoms with Crippen LogP contribution in [0.25, 0.3) is 22.0 Å². The van der Waals surface area contributed by atoms with Crippen molar-refractivity contribution in [2.75, 3.05) is 12.4 Å². The average Bonchev–Trinajstić information content (AvgIpc) is 3.32. The van der Waals surface area contributed by atoms with Crippen molar-refractivity contribution in [3.05, 3.63) is 41.7 Å². The predicted octanol–water partition coefficient (Wildman–Crippen LogP) is 4.09. The molecule has 0 radical (unpaired) electrons. The van der Waals surface area contributed by atoms with Gasteiger partial charge in [-0.05, 0) is 43.5 Å².